The predicted molar refractivity (Wildman–Crippen MR) is 81.2 cm³/mol. The van der Waals surface area contributed by atoms with Gasteiger partial charge in [-0.2, -0.15) is 0 Å². The van der Waals surface area contributed by atoms with Crippen LogP contribution >= 0.6 is 0 Å². The molecule has 0 bridgehead atoms. The average Bonchev–Trinajstić information content (AvgIpc) is 3.00. The van der Waals surface area contributed by atoms with Crippen molar-refractivity contribution in [2.45, 2.75) is 52.0 Å². The van der Waals surface area contributed by atoms with Crippen molar-refractivity contribution in [1.29, 1.82) is 0 Å². The normalized spacial score (nSPS) is 26.8. The fourth-order valence-corrected chi connectivity index (χ4v) is 4.16. The minimum Gasteiger partial charge on any atom is -0.351 e. The zero-order valence-electron chi connectivity index (χ0n) is 13.0. The lowest BCUT2D eigenvalue weighted by Gasteiger charge is -2.37. The number of hydrogen-bond acceptors (Lipinski definition) is 2. The van der Waals surface area contributed by atoms with Gasteiger partial charge < -0.3 is 4.57 Å². The summed E-state index contributed by atoms with van der Waals surface area (Å²) in [6.07, 6.45) is 6.66. The number of ketones is 1. The third-order valence-corrected chi connectivity index (χ3v) is 5.53. The molecule has 110 valence electrons. The molecule has 1 aliphatic carbocycles. The van der Waals surface area contributed by atoms with E-state index in [2.05, 4.69) is 23.3 Å². The molecule has 2 atom stereocenters. The maximum Gasteiger partial charge on any atom is 0.178 e. The number of rotatable bonds is 3. The monoisotopic (exact) mass is 274 g/mol. The van der Waals surface area contributed by atoms with E-state index in [0.29, 0.717) is 18.4 Å². The first-order valence-electron chi connectivity index (χ1n) is 7.98. The molecule has 0 N–H and O–H groups in total. The highest BCUT2D eigenvalue weighted by Gasteiger charge is 2.35. The Kier molecular flexibility index (Phi) is 3.72. The largest absolute Gasteiger partial charge is 0.351 e. The predicted octanol–water partition coefficient (Wildman–Crippen LogP) is 3.09. The zero-order chi connectivity index (χ0) is 14.3. The third kappa shape index (κ3) is 2.32. The highest BCUT2D eigenvalue weighted by Crippen LogP contribution is 2.36. The topological polar surface area (TPSA) is 25.2 Å². The van der Waals surface area contributed by atoms with Crippen LogP contribution in [0.4, 0.5) is 0 Å². The van der Waals surface area contributed by atoms with Crippen molar-refractivity contribution in [3.05, 3.63) is 23.0 Å². The number of aromatic nitrogens is 1. The quantitative estimate of drug-likeness (QED) is 0.791. The molecule has 1 aliphatic heterocycles. The van der Waals surface area contributed by atoms with Crippen LogP contribution in [0.5, 0.6) is 0 Å². The van der Waals surface area contributed by atoms with Crippen LogP contribution in [0.15, 0.2) is 6.07 Å². The van der Waals surface area contributed by atoms with Gasteiger partial charge in [0.2, 0.25) is 0 Å². The molecule has 0 amide bonds. The van der Waals surface area contributed by atoms with Crippen LogP contribution in [0.25, 0.3) is 0 Å². The number of Topliss-reactive ketones (excluding diaryl/α,β-unsaturated/α-hetero) is 1. The number of piperidine rings is 1. The van der Waals surface area contributed by atoms with Gasteiger partial charge in [-0.05, 0) is 58.1 Å². The van der Waals surface area contributed by atoms with E-state index in [-0.39, 0.29) is 0 Å². The molecule has 3 nitrogen and oxygen atoms in total. The average molecular weight is 274 g/mol. The lowest BCUT2D eigenvalue weighted by Crippen LogP contribution is -2.45. The Labute approximate surface area is 122 Å². The van der Waals surface area contributed by atoms with Gasteiger partial charge in [0.05, 0.1) is 6.54 Å². The Hall–Kier alpha value is -1.09. The smallest absolute Gasteiger partial charge is 0.178 e. The molecular weight excluding hydrogens is 248 g/mol. The molecule has 1 aromatic heterocycles. The number of nitrogens with zero attached hydrogens (tertiary/aromatic N) is 2. The Morgan fingerprint density at radius 1 is 1.25 bits per heavy atom. The van der Waals surface area contributed by atoms with Gasteiger partial charge in [0.1, 0.15) is 0 Å². The lowest BCUT2D eigenvalue weighted by atomic mass is 9.91. The van der Waals surface area contributed by atoms with Gasteiger partial charge >= 0.3 is 0 Å². The van der Waals surface area contributed by atoms with Crippen molar-refractivity contribution in [1.82, 2.24) is 9.47 Å². The van der Waals surface area contributed by atoms with E-state index in [4.69, 9.17) is 0 Å². The van der Waals surface area contributed by atoms with E-state index >= 15 is 0 Å². The Morgan fingerprint density at radius 2 is 2.00 bits per heavy atom. The zero-order valence-corrected chi connectivity index (χ0v) is 13.0. The minimum atomic E-state index is 0.304. The van der Waals surface area contributed by atoms with Crippen molar-refractivity contribution in [2.75, 3.05) is 13.1 Å². The molecule has 0 spiro atoms. The second-order valence-corrected chi connectivity index (χ2v) is 6.64. The highest BCUT2D eigenvalue weighted by molar-refractivity contribution is 5.99. The van der Waals surface area contributed by atoms with E-state index < -0.39 is 0 Å². The maximum atomic E-state index is 12.6. The number of carbonyl (C=O) groups is 1. The fraction of sp³-hybridized carbons (Fsp3) is 0.706. The van der Waals surface area contributed by atoms with Gasteiger partial charge in [-0.3, -0.25) is 9.69 Å². The SMILES string of the molecule is Cc1cc(C(=O)CN2CCCC3CCCC32)c(C)n1C. The van der Waals surface area contributed by atoms with Crippen LogP contribution in [0.3, 0.4) is 0 Å². The molecule has 0 aromatic carbocycles. The molecule has 2 fully saturated rings. The van der Waals surface area contributed by atoms with Crippen LogP contribution in [-0.2, 0) is 7.05 Å². The van der Waals surface area contributed by atoms with Crippen molar-refractivity contribution < 1.29 is 4.79 Å². The first kappa shape index (κ1) is 13.9. The first-order valence-corrected chi connectivity index (χ1v) is 7.98. The Bertz CT molecular complexity index is 517. The van der Waals surface area contributed by atoms with Gasteiger partial charge in [-0.15, -0.1) is 0 Å². The van der Waals surface area contributed by atoms with Gasteiger partial charge in [0.15, 0.2) is 5.78 Å². The second kappa shape index (κ2) is 5.36. The summed E-state index contributed by atoms with van der Waals surface area (Å²) in [6, 6.07) is 2.73. The molecule has 2 heterocycles. The van der Waals surface area contributed by atoms with Crippen molar-refractivity contribution in [2.24, 2.45) is 13.0 Å². The molecule has 0 radical (unpaired) electrons. The number of hydrogen-bond donors (Lipinski definition) is 0. The number of carbonyl (C=O) groups excluding carboxylic acids is 1. The van der Waals surface area contributed by atoms with E-state index in [1.165, 1.54) is 37.8 Å². The van der Waals surface area contributed by atoms with Crippen molar-refractivity contribution in [3.8, 4) is 0 Å². The highest BCUT2D eigenvalue weighted by atomic mass is 16.1. The van der Waals surface area contributed by atoms with Gasteiger partial charge in [0.25, 0.3) is 0 Å². The molecule has 1 aromatic rings. The van der Waals surface area contributed by atoms with Crippen molar-refractivity contribution >= 4 is 5.78 Å². The standard InChI is InChI=1S/C17H26N2O/c1-12-10-15(13(2)18(12)3)17(20)11-19-9-5-7-14-6-4-8-16(14)19/h10,14,16H,4-9,11H2,1-3H3. The summed E-state index contributed by atoms with van der Waals surface area (Å²) in [6.45, 7) is 5.84. The molecule has 3 heteroatoms. The first-order chi connectivity index (χ1) is 9.58. The Balaban J connectivity index is 1.73. The van der Waals surface area contributed by atoms with Gasteiger partial charge in [-0.1, -0.05) is 6.42 Å². The van der Waals surface area contributed by atoms with Crippen LogP contribution in [-0.4, -0.2) is 34.4 Å². The summed E-state index contributed by atoms with van der Waals surface area (Å²) < 4.78 is 2.11. The summed E-state index contributed by atoms with van der Waals surface area (Å²) in [5.74, 6) is 1.16. The van der Waals surface area contributed by atoms with Crippen LogP contribution in [0.1, 0.15) is 53.8 Å². The molecular formula is C17H26N2O. The van der Waals surface area contributed by atoms with Crippen LogP contribution in [0.2, 0.25) is 0 Å². The van der Waals surface area contributed by atoms with E-state index in [0.717, 1.165) is 23.7 Å². The summed E-state index contributed by atoms with van der Waals surface area (Å²) >= 11 is 0. The maximum absolute atomic E-state index is 12.6. The number of likely N-dealkylation sites (tertiary alicyclic amines) is 1. The lowest BCUT2D eigenvalue weighted by molar-refractivity contribution is 0.0776. The third-order valence-electron chi connectivity index (χ3n) is 5.53. The molecule has 2 aliphatic rings. The fourth-order valence-electron chi connectivity index (χ4n) is 4.16. The van der Waals surface area contributed by atoms with Gasteiger partial charge in [0, 0.05) is 30.0 Å². The molecule has 2 unspecified atom stereocenters. The number of fused-ring (bicyclic) bond motifs is 1. The molecule has 1 saturated heterocycles. The van der Waals surface area contributed by atoms with Crippen molar-refractivity contribution in [3.63, 3.8) is 0 Å². The summed E-state index contributed by atoms with van der Waals surface area (Å²) in [5.41, 5.74) is 3.20. The summed E-state index contributed by atoms with van der Waals surface area (Å²) in [5, 5.41) is 0. The molecule has 20 heavy (non-hydrogen) atoms. The number of aryl methyl sites for hydroxylation is 1. The summed E-state index contributed by atoms with van der Waals surface area (Å²) in [4.78, 5) is 15.1. The minimum absolute atomic E-state index is 0.304. The van der Waals surface area contributed by atoms with Crippen LogP contribution in [0, 0.1) is 19.8 Å². The Morgan fingerprint density at radius 3 is 2.70 bits per heavy atom. The summed E-state index contributed by atoms with van der Waals surface area (Å²) in [7, 11) is 2.04. The van der Waals surface area contributed by atoms with Crippen LogP contribution < -0.4 is 0 Å². The molecule has 1 saturated carbocycles. The van der Waals surface area contributed by atoms with Gasteiger partial charge in [-0.25, -0.2) is 0 Å². The van der Waals surface area contributed by atoms with E-state index in [1.807, 2.05) is 13.1 Å². The second-order valence-electron chi connectivity index (χ2n) is 6.64. The van der Waals surface area contributed by atoms with E-state index in [9.17, 15) is 4.79 Å². The van der Waals surface area contributed by atoms with E-state index in [1.54, 1.807) is 0 Å². The molecule has 3 rings (SSSR count).